The molecule has 4 rings (SSSR count). The summed E-state index contributed by atoms with van der Waals surface area (Å²) in [4.78, 5) is 1.64. The number of piperidine rings is 1. The third-order valence-electron chi connectivity index (χ3n) is 6.69. The lowest BCUT2D eigenvalue weighted by atomic mass is 10.0. The van der Waals surface area contributed by atoms with Crippen molar-refractivity contribution in [1.29, 1.82) is 0 Å². The number of thiophene rings is 1. The fourth-order valence-electron chi connectivity index (χ4n) is 4.69. The molecule has 0 saturated carbocycles. The van der Waals surface area contributed by atoms with Gasteiger partial charge < -0.3 is 24.8 Å². The van der Waals surface area contributed by atoms with Crippen LogP contribution < -0.4 is 20.7 Å². The minimum Gasteiger partial charge on any atom is -0.433 e. The SMILES string of the molecule is CN1CCC(Nc2cccc3c(CC(F)(F)F)c(C#CCNc4ccc(P(C)(C)=O)cc4OC(F)F)sc23)C(F)(F)C1. The number of nitrogens with zero attached hydrogens (tertiary/aromatic N) is 1. The topological polar surface area (TPSA) is 53.6 Å². The van der Waals surface area contributed by atoms with Crippen molar-refractivity contribution in [3.05, 3.63) is 46.8 Å². The van der Waals surface area contributed by atoms with E-state index in [2.05, 4.69) is 27.2 Å². The monoisotopic (exact) mass is 635 g/mol. The zero-order valence-corrected chi connectivity index (χ0v) is 24.6. The van der Waals surface area contributed by atoms with Crippen molar-refractivity contribution >= 4 is 45.2 Å². The smallest absolute Gasteiger partial charge is 0.393 e. The summed E-state index contributed by atoms with van der Waals surface area (Å²) in [6.07, 6.45) is -5.65. The van der Waals surface area contributed by atoms with Crippen LogP contribution in [0.4, 0.5) is 42.1 Å². The average molecular weight is 636 g/mol. The fourth-order valence-corrected chi connectivity index (χ4v) is 6.72. The van der Waals surface area contributed by atoms with Gasteiger partial charge in [-0.15, -0.1) is 11.3 Å². The van der Waals surface area contributed by atoms with Crippen LogP contribution in [-0.2, 0) is 11.0 Å². The molecule has 5 nitrogen and oxygen atoms in total. The standard InChI is InChI=1S/C28H29F7N3O2PS/c1-38-13-11-24(27(31,32)16-38)37-21-7-4-6-18-19(15-28(33,34)35)23(42-25(18)21)8-5-12-36-20-10-9-17(41(2,3)39)14-22(20)40-26(29)30/h4,6-7,9-10,14,24,26,36-37H,11-13,15-16H2,1-3H3. The zero-order valence-electron chi connectivity index (χ0n) is 22.9. The number of likely N-dealkylation sites (tertiary alicyclic amines) is 1. The van der Waals surface area contributed by atoms with E-state index in [1.54, 1.807) is 13.1 Å². The minimum atomic E-state index is -4.55. The first kappa shape index (κ1) is 32.0. The number of halogens is 7. The van der Waals surface area contributed by atoms with Gasteiger partial charge in [0.2, 0.25) is 0 Å². The number of hydrogen-bond acceptors (Lipinski definition) is 6. The van der Waals surface area contributed by atoms with Gasteiger partial charge in [0.1, 0.15) is 12.9 Å². The predicted octanol–water partition coefficient (Wildman–Crippen LogP) is 7.07. The molecular weight excluding hydrogens is 606 g/mol. The van der Waals surface area contributed by atoms with Gasteiger partial charge in [0.15, 0.2) is 0 Å². The highest BCUT2D eigenvalue weighted by molar-refractivity contribution is 7.70. The largest absolute Gasteiger partial charge is 0.433 e. The first-order valence-electron chi connectivity index (χ1n) is 12.8. The van der Waals surface area contributed by atoms with Gasteiger partial charge in [0.25, 0.3) is 5.92 Å². The van der Waals surface area contributed by atoms with Crippen LogP contribution in [0.25, 0.3) is 10.1 Å². The van der Waals surface area contributed by atoms with E-state index in [4.69, 9.17) is 0 Å². The number of ether oxygens (including phenoxy) is 1. The number of rotatable bonds is 8. The van der Waals surface area contributed by atoms with Crippen molar-refractivity contribution in [3.8, 4) is 17.6 Å². The lowest BCUT2D eigenvalue weighted by Gasteiger charge is -2.37. The van der Waals surface area contributed by atoms with E-state index >= 15 is 0 Å². The Bertz CT molecular complexity index is 1540. The normalized spacial score (nSPS) is 17.6. The number of fused-ring (bicyclic) bond motifs is 1. The summed E-state index contributed by atoms with van der Waals surface area (Å²) in [6, 6.07) is 7.56. The molecule has 1 atom stereocenters. The van der Waals surface area contributed by atoms with E-state index in [1.165, 1.54) is 48.6 Å². The lowest BCUT2D eigenvalue weighted by molar-refractivity contribution is -0.127. The van der Waals surface area contributed by atoms with Crippen LogP contribution in [0.15, 0.2) is 36.4 Å². The number of hydrogen-bond donors (Lipinski definition) is 2. The van der Waals surface area contributed by atoms with Crippen molar-refractivity contribution in [2.45, 2.75) is 37.6 Å². The van der Waals surface area contributed by atoms with E-state index in [0.29, 0.717) is 22.2 Å². The van der Waals surface area contributed by atoms with Crippen molar-refractivity contribution in [3.63, 3.8) is 0 Å². The number of nitrogens with one attached hydrogen (secondary N) is 2. The Morgan fingerprint density at radius 2 is 1.93 bits per heavy atom. The van der Waals surface area contributed by atoms with E-state index in [0.717, 1.165) is 11.3 Å². The van der Waals surface area contributed by atoms with E-state index in [1.807, 2.05) is 0 Å². The van der Waals surface area contributed by atoms with E-state index in [-0.39, 0.29) is 40.2 Å². The minimum absolute atomic E-state index is 0.0680. The molecule has 0 radical (unpaired) electrons. The molecule has 1 aromatic heterocycles. The maximum absolute atomic E-state index is 14.7. The van der Waals surface area contributed by atoms with Crippen LogP contribution in [0.2, 0.25) is 0 Å². The Kier molecular flexibility index (Phi) is 9.40. The van der Waals surface area contributed by atoms with Crippen LogP contribution in [-0.4, -0.2) is 69.7 Å². The highest BCUT2D eigenvalue weighted by Crippen LogP contribution is 2.41. The van der Waals surface area contributed by atoms with Gasteiger partial charge in [-0.3, -0.25) is 0 Å². The van der Waals surface area contributed by atoms with Crippen LogP contribution in [0, 0.1) is 11.8 Å². The second-order valence-electron chi connectivity index (χ2n) is 10.4. The molecule has 0 aliphatic carbocycles. The van der Waals surface area contributed by atoms with Gasteiger partial charge in [-0.1, -0.05) is 24.0 Å². The third-order valence-corrected chi connectivity index (χ3v) is 9.41. The van der Waals surface area contributed by atoms with Gasteiger partial charge >= 0.3 is 12.8 Å². The fraction of sp³-hybridized carbons (Fsp3) is 0.429. The van der Waals surface area contributed by atoms with Crippen LogP contribution in [0.5, 0.6) is 5.75 Å². The van der Waals surface area contributed by atoms with Crippen LogP contribution >= 0.6 is 18.5 Å². The zero-order chi connectivity index (χ0) is 30.9. The maximum Gasteiger partial charge on any atom is 0.393 e. The second-order valence-corrected chi connectivity index (χ2v) is 14.7. The molecule has 2 aromatic carbocycles. The van der Waals surface area contributed by atoms with Crippen molar-refractivity contribution < 1.29 is 40.0 Å². The molecule has 0 spiro atoms. The first-order valence-corrected chi connectivity index (χ1v) is 16.3. The van der Waals surface area contributed by atoms with Crippen molar-refractivity contribution in [2.24, 2.45) is 0 Å². The third kappa shape index (κ3) is 7.91. The summed E-state index contributed by atoms with van der Waals surface area (Å²) in [7, 11) is -1.16. The molecule has 1 saturated heterocycles. The molecule has 2 heterocycles. The van der Waals surface area contributed by atoms with Crippen molar-refractivity contribution in [2.75, 3.05) is 50.6 Å². The summed E-state index contributed by atoms with van der Waals surface area (Å²) in [5.41, 5.74) is 0.375. The van der Waals surface area contributed by atoms with Crippen LogP contribution in [0.1, 0.15) is 16.9 Å². The second kappa shape index (κ2) is 12.3. The molecule has 1 aliphatic heterocycles. The van der Waals surface area contributed by atoms with Crippen molar-refractivity contribution in [1.82, 2.24) is 4.90 Å². The molecule has 1 fully saturated rings. The number of anilines is 2. The van der Waals surface area contributed by atoms with E-state index < -0.39 is 44.9 Å². The molecule has 0 amide bonds. The molecule has 3 aromatic rings. The average Bonchev–Trinajstić information content (AvgIpc) is 3.19. The Labute approximate surface area is 242 Å². The molecule has 0 bridgehead atoms. The molecule has 2 N–H and O–H groups in total. The number of benzene rings is 2. The van der Waals surface area contributed by atoms with E-state index in [9.17, 15) is 35.3 Å². The summed E-state index contributed by atoms with van der Waals surface area (Å²) in [5.74, 6) is 2.18. The molecule has 228 valence electrons. The highest BCUT2D eigenvalue weighted by Gasteiger charge is 2.44. The summed E-state index contributed by atoms with van der Waals surface area (Å²) < 4.78 is 113. The predicted molar refractivity (Wildman–Crippen MR) is 154 cm³/mol. The molecule has 42 heavy (non-hydrogen) atoms. The number of alkyl halides is 7. The quantitative estimate of drug-likeness (QED) is 0.158. The Morgan fingerprint density at radius 1 is 1.19 bits per heavy atom. The van der Waals surface area contributed by atoms with Gasteiger partial charge in [0.05, 0.1) is 46.5 Å². The maximum atomic E-state index is 14.7. The Hall–Kier alpha value is -2.94. The van der Waals surface area contributed by atoms with Gasteiger partial charge in [-0.05, 0) is 62.0 Å². The van der Waals surface area contributed by atoms with Gasteiger partial charge in [0, 0.05) is 11.8 Å². The summed E-state index contributed by atoms with van der Waals surface area (Å²) >= 11 is 0.969. The molecular formula is C28H29F7N3O2PS. The highest BCUT2D eigenvalue weighted by atomic mass is 32.1. The van der Waals surface area contributed by atoms with Gasteiger partial charge in [-0.2, -0.15) is 22.0 Å². The summed E-state index contributed by atoms with van der Waals surface area (Å²) in [5, 5.41) is 6.27. The Morgan fingerprint density at radius 3 is 2.57 bits per heavy atom. The molecule has 1 aliphatic rings. The van der Waals surface area contributed by atoms with Crippen LogP contribution in [0.3, 0.4) is 0 Å². The Balaban J connectivity index is 1.63. The first-order chi connectivity index (χ1) is 19.5. The van der Waals surface area contributed by atoms with Gasteiger partial charge in [-0.25, -0.2) is 8.78 Å². The summed E-state index contributed by atoms with van der Waals surface area (Å²) in [6.45, 7) is -0.299. The lowest BCUT2D eigenvalue weighted by Crippen LogP contribution is -2.53. The molecule has 14 heteroatoms. The molecule has 1 unspecified atom stereocenters.